The summed E-state index contributed by atoms with van der Waals surface area (Å²) in [7, 11) is 0. The molecule has 0 saturated heterocycles. The molecule has 5 heteroatoms. The molecule has 0 fully saturated rings. The Hall–Kier alpha value is -1.88. The zero-order valence-corrected chi connectivity index (χ0v) is 12.1. The lowest BCUT2D eigenvalue weighted by atomic mass is 10.1. The fraction of sp³-hybridized carbons (Fsp3) is 0.143. The maximum Gasteiger partial charge on any atom is 0.339 e. The molecule has 4 nitrogen and oxygen atoms in total. The Labute approximate surface area is 119 Å². The van der Waals surface area contributed by atoms with Crippen LogP contribution in [-0.4, -0.2) is 16.1 Å². The Morgan fingerprint density at radius 2 is 2.05 bits per heavy atom. The third-order valence-corrected chi connectivity index (χ3v) is 3.59. The highest BCUT2D eigenvalue weighted by atomic mass is 79.9. The molecule has 0 unspecified atom stereocenters. The van der Waals surface area contributed by atoms with Crippen LogP contribution < -0.4 is 4.74 Å². The topological polar surface area (TPSA) is 59.4 Å². The highest BCUT2D eigenvalue weighted by molar-refractivity contribution is 9.10. The highest BCUT2D eigenvalue weighted by Crippen LogP contribution is 2.32. The molecule has 0 aliphatic carbocycles. The van der Waals surface area contributed by atoms with E-state index in [4.69, 9.17) is 9.84 Å². The van der Waals surface area contributed by atoms with Gasteiger partial charge in [-0.25, -0.2) is 9.78 Å². The minimum atomic E-state index is -1.03. The van der Waals surface area contributed by atoms with E-state index < -0.39 is 5.97 Å². The molecule has 0 atom stereocenters. The second-order valence-corrected chi connectivity index (χ2v) is 4.95. The summed E-state index contributed by atoms with van der Waals surface area (Å²) < 4.78 is 6.34. The van der Waals surface area contributed by atoms with Crippen LogP contribution in [-0.2, 0) is 0 Å². The largest absolute Gasteiger partial charge is 0.478 e. The summed E-state index contributed by atoms with van der Waals surface area (Å²) in [6.45, 7) is 3.78. The number of rotatable bonds is 3. The molecule has 0 aliphatic rings. The van der Waals surface area contributed by atoms with Gasteiger partial charge in [-0.1, -0.05) is 6.07 Å². The fourth-order valence-electron chi connectivity index (χ4n) is 1.58. The SMILES string of the molecule is Cc1ccc(C(=O)O)c(Oc2nccc(C)c2Br)c1. The first-order valence-electron chi connectivity index (χ1n) is 5.62. The van der Waals surface area contributed by atoms with Crippen LogP contribution in [0.1, 0.15) is 21.5 Å². The number of nitrogens with zero attached hydrogens (tertiary/aromatic N) is 1. The number of carboxylic acid groups (broad SMARTS) is 1. The summed E-state index contributed by atoms with van der Waals surface area (Å²) in [5.41, 5.74) is 2.00. The Balaban J connectivity index is 2.45. The lowest BCUT2D eigenvalue weighted by Crippen LogP contribution is -2.01. The summed E-state index contributed by atoms with van der Waals surface area (Å²) in [6.07, 6.45) is 1.62. The van der Waals surface area contributed by atoms with Gasteiger partial charge in [-0.3, -0.25) is 0 Å². The second kappa shape index (κ2) is 5.40. The number of aromatic nitrogens is 1. The predicted octanol–water partition coefficient (Wildman–Crippen LogP) is 3.95. The molecule has 98 valence electrons. The van der Waals surface area contributed by atoms with E-state index in [2.05, 4.69) is 20.9 Å². The predicted molar refractivity (Wildman–Crippen MR) is 74.9 cm³/mol. The maximum absolute atomic E-state index is 11.2. The van der Waals surface area contributed by atoms with Crippen molar-refractivity contribution in [1.82, 2.24) is 4.98 Å². The standard InChI is InChI=1S/C14H12BrNO3/c1-8-3-4-10(14(17)18)11(7-8)19-13-12(15)9(2)5-6-16-13/h3-7H,1-2H3,(H,17,18). The number of carboxylic acids is 1. The van der Waals surface area contributed by atoms with Crippen LogP contribution in [0.15, 0.2) is 34.9 Å². The molecular weight excluding hydrogens is 310 g/mol. The summed E-state index contributed by atoms with van der Waals surface area (Å²) in [5.74, 6) is -0.391. The molecule has 2 rings (SSSR count). The van der Waals surface area contributed by atoms with Gasteiger partial charge in [-0.05, 0) is 59.1 Å². The number of hydrogen-bond donors (Lipinski definition) is 1. The zero-order chi connectivity index (χ0) is 14.0. The summed E-state index contributed by atoms with van der Waals surface area (Å²) in [4.78, 5) is 15.3. The van der Waals surface area contributed by atoms with E-state index in [9.17, 15) is 4.79 Å². The summed E-state index contributed by atoms with van der Waals surface area (Å²) in [5, 5.41) is 9.15. The van der Waals surface area contributed by atoms with E-state index in [0.717, 1.165) is 11.1 Å². The van der Waals surface area contributed by atoms with Crippen molar-refractivity contribution in [3.63, 3.8) is 0 Å². The third kappa shape index (κ3) is 2.93. The van der Waals surface area contributed by atoms with Gasteiger partial charge in [-0.2, -0.15) is 0 Å². The second-order valence-electron chi connectivity index (χ2n) is 4.15. The van der Waals surface area contributed by atoms with Gasteiger partial charge in [0, 0.05) is 6.20 Å². The first-order valence-corrected chi connectivity index (χ1v) is 6.41. The number of aromatic carboxylic acids is 1. The summed E-state index contributed by atoms with van der Waals surface area (Å²) in [6, 6.07) is 6.77. The van der Waals surface area contributed by atoms with E-state index in [1.54, 1.807) is 18.3 Å². The van der Waals surface area contributed by atoms with Gasteiger partial charge < -0.3 is 9.84 Å². The van der Waals surface area contributed by atoms with Gasteiger partial charge >= 0.3 is 5.97 Å². The molecule has 0 radical (unpaired) electrons. The minimum absolute atomic E-state index is 0.112. The van der Waals surface area contributed by atoms with E-state index in [1.807, 2.05) is 19.9 Å². The monoisotopic (exact) mass is 321 g/mol. The van der Waals surface area contributed by atoms with Crippen LogP contribution in [0, 0.1) is 13.8 Å². The number of carbonyl (C=O) groups is 1. The van der Waals surface area contributed by atoms with Crippen molar-refractivity contribution in [2.45, 2.75) is 13.8 Å². The third-order valence-electron chi connectivity index (χ3n) is 2.62. The number of ether oxygens (including phenoxy) is 1. The lowest BCUT2D eigenvalue weighted by Gasteiger charge is -2.11. The van der Waals surface area contributed by atoms with Crippen molar-refractivity contribution < 1.29 is 14.6 Å². The van der Waals surface area contributed by atoms with Gasteiger partial charge in [0.15, 0.2) is 0 Å². The molecule has 2 aromatic rings. The highest BCUT2D eigenvalue weighted by Gasteiger charge is 2.14. The van der Waals surface area contributed by atoms with Gasteiger partial charge in [0.05, 0.1) is 4.47 Å². The van der Waals surface area contributed by atoms with Crippen LogP contribution in [0.3, 0.4) is 0 Å². The Bertz CT molecular complexity index is 641. The normalized spacial score (nSPS) is 10.3. The van der Waals surface area contributed by atoms with Crippen molar-refractivity contribution in [2.75, 3.05) is 0 Å². The number of halogens is 1. The van der Waals surface area contributed by atoms with Gasteiger partial charge in [0.25, 0.3) is 0 Å². The van der Waals surface area contributed by atoms with Gasteiger partial charge in [0.1, 0.15) is 11.3 Å². The number of pyridine rings is 1. The van der Waals surface area contributed by atoms with Gasteiger partial charge in [0.2, 0.25) is 5.88 Å². The van der Waals surface area contributed by atoms with Crippen molar-refractivity contribution in [1.29, 1.82) is 0 Å². The Morgan fingerprint density at radius 3 is 2.74 bits per heavy atom. The van der Waals surface area contributed by atoms with Crippen molar-refractivity contribution in [2.24, 2.45) is 0 Å². The molecule has 1 heterocycles. The lowest BCUT2D eigenvalue weighted by molar-refractivity contribution is 0.0694. The van der Waals surface area contributed by atoms with Crippen LogP contribution in [0.5, 0.6) is 11.6 Å². The Kier molecular flexibility index (Phi) is 3.85. The molecule has 0 amide bonds. The quantitative estimate of drug-likeness (QED) is 0.929. The Morgan fingerprint density at radius 1 is 1.32 bits per heavy atom. The number of benzene rings is 1. The van der Waals surface area contributed by atoms with Crippen LogP contribution in [0.4, 0.5) is 0 Å². The van der Waals surface area contributed by atoms with Crippen molar-refractivity contribution >= 4 is 21.9 Å². The first-order chi connectivity index (χ1) is 8.99. The molecule has 0 aliphatic heterocycles. The van der Waals surface area contributed by atoms with Crippen LogP contribution in [0.25, 0.3) is 0 Å². The smallest absolute Gasteiger partial charge is 0.339 e. The van der Waals surface area contributed by atoms with E-state index >= 15 is 0 Å². The van der Waals surface area contributed by atoms with E-state index in [1.165, 1.54) is 6.07 Å². The van der Waals surface area contributed by atoms with Gasteiger partial charge in [-0.15, -0.1) is 0 Å². The number of hydrogen-bond acceptors (Lipinski definition) is 3. The molecule has 1 N–H and O–H groups in total. The first kappa shape index (κ1) is 13.5. The molecule has 1 aromatic carbocycles. The van der Waals surface area contributed by atoms with Crippen molar-refractivity contribution in [3.05, 3.63) is 51.6 Å². The molecule has 0 bridgehead atoms. The molecule has 19 heavy (non-hydrogen) atoms. The molecule has 0 saturated carbocycles. The van der Waals surface area contributed by atoms with Crippen LogP contribution in [0.2, 0.25) is 0 Å². The number of aryl methyl sites for hydroxylation is 2. The molecular formula is C14H12BrNO3. The summed E-state index contributed by atoms with van der Waals surface area (Å²) >= 11 is 3.38. The maximum atomic E-state index is 11.2. The zero-order valence-electron chi connectivity index (χ0n) is 10.5. The minimum Gasteiger partial charge on any atom is -0.478 e. The molecule has 0 spiro atoms. The fourth-order valence-corrected chi connectivity index (χ4v) is 1.90. The molecule has 1 aromatic heterocycles. The van der Waals surface area contributed by atoms with E-state index in [0.29, 0.717) is 10.4 Å². The van der Waals surface area contributed by atoms with Crippen LogP contribution >= 0.6 is 15.9 Å². The van der Waals surface area contributed by atoms with E-state index in [-0.39, 0.29) is 11.3 Å². The van der Waals surface area contributed by atoms with Crippen molar-refractivity contribution in [3.8, 4) is 11.6 Å². The average Bonchev–Trinajstić information content (AvgIpc) is 2.35. The average molecular weight is 322 g/mol.